The van der Waals surface area contributed by atoms with Gasteiger partial charge < -0.3 is 75.8 Å². The van der Waals surface area contributed by atoms with E-state index in [1.165, 1.54) is 0 Å². The van der Waals surface area contributed by atoms with E-state index in [1.807, 2.05) is 0 Å². The Kier molecular flexibility index (Phi) is 33.7. The van der Waals surface area contributed by atoms with E-state index in [2.05, 4.69) is 6.92 Å². The Morgan fingerprint density at radius 3 is 0.696 bits per heavy atom. The Bertz CT molecular complexity index is 872. The van der Waals surface area contributed by atoms with Crippen molar-refractivity contribution in [1.29, 1.82) is 0 Å². The summed E-state index contributed by atoms with van der Waals surface area (Å²) in [6, 6.07) is 0. The van der Waals surface area contributed by atoms with Crippen molar-refractivity contribution in [2.45, 2.75) is 137 Å². The van der Waals surface area contributed by atoms with Crippen LogP contribution in [0.15, 0.2) is 0 Å². The van der Waals surface area contributed by atoms with Crippen molar-refractivity contribution in [3.05, 3.63) is 0 Å². The highest BCUT2D eigenvalue weighted by molar-refractivity contribution is 4.89. The van der Waals surface area contributed by atoms with Crippen LogP contribution < -0.4 is 0 Å². The van der Waals surface area contributed by atoms with E-state index in [4.69, 9.17) is 75.8 Å². The third kappa shape index (κ3) is 19.6. The predicted octanol–water partition coefficient (Wildman–Crippen LogP) is 3.61. The van der Waals surface area contributed by atoms with Crippen LogP contribution in [0.1, 0.15) is 51.9 Å². The summed E-state index contributed by atoms with van der Waals surface area (Å²) in [5, 5.41) is 0. The van der Waals surface area contributed by atoms with Crippen LogP contribution in [0, 0.1) is 0 Å². The van der Waals surface area contributed by atoms with Crippen LogP contribution in [-0.4, -0.2) is 212 Å². The molecule has 0 aromatic carbocycles. The van der Waals surface area contributed by atoms with Crippen molar-refractivity contribution >= 4 is 0 Å². The van der Waals surface area contributed by atoms with Gasteiger partial charge >= 0.3 is 0 Å². The smallest absolute Gasteiger partial charge is 0.104 e. The van der Waals surface area contributed by atoms with E-state index in [9.17, 15) is 0 Å². The molecular weight excluding hydrogens is 736 g/mol. The van der Waals surface area contributed by atoms with Crippen LogP contribution in [0.3, 0.4) is 0 Å². The molecule has 338 valence electrons. The summed E-state index contributed by atoms with van der Waals surface area (Å²) < 4.78 is 93.8. The van der Waals surface area contributed by atoms with Crippen molar-refractivity contribution < 1.29 is 75.8 Å². The molecule has 14 unspecified atom stereocenters. The molecule has 0 rings (SSSR count). The molecule has 0 amide bonds. The average Bonchev–Trinajstić information content (AvgIpc) is 3.23. The van der Waals surface area contributed by atoms with E-state index >= 15 is 0 Å². The second kappa shape index (κ2) is 34.1. The largest absolute Gasteiger partial charge is 0.382 e. The summed E-state index contributed by atoms with van der Waals surface area (Å²) in [6.45, 7) is 3.23. The van der Waals surface area contributed by atoms with Gasteiger partial charge in [0.25, 0.3) is 0 Å². The highest BCUT2D eigenvalue weighted by Crippen LogP contribution is 2.28. The minimum absolute atomic E-state index is 0.0707. The lowest BCUT2D eigenvalue weighted by atomic mass is 9.91. The van der Waals surface area contributed by atoms with Crippen molar-refractivity contribution in [2.24, 2.45) is 0 Å². The fraction of sp³-hybridized carbons (Fsp3) is 1.00. The minimum atomic E-state index is -0.381. The monoisotopic (exact) mass is 819 g/mol. The second-order valence-electron chi connectivity index (χ2n) is 13.8. The zero-order chi connectivity index (χ0) is 42.5. The normalized spacial score (nSPS) is 19.9. The van der Waals surface area contributed by atoms with Gasteiger partial charge in [-0.3, -0.25) is 0 Å². The molecule has 0 saturated heterocycles. The SMILES string of the molecule is CCC(OC)C(CC(OC)C(CC(OC)C(CC(OC)C(CC(OC)C(CC(OC)C(CC(COCC(COC)OC)OC)OC)OC)OC)OC)OC)OC. The van der Waals surface area contributed by atoms with E-state index < -0.39 is 0 Å². The molecule has 0 radical (unpaired) electrons. The van der Waals surface area contributed by atoms with Crippen LogP contribution in [0.2, 0.25) is 0 Å². The number of rotatable bonds is 39. The maximum Gasteiger partial charge on any atom is 0.104 e. The lowest BCUT2D eigenvalue weighted by Gasteiger charge is -2.37. The van der Waals surface area contributed by atoms with Crippen LogP contribution in [-0.2, 0) is 75.8 Å². The zero-order valence-electron chi connectivity index (χ0n) is 37.7. The predicted molar refractivity (Wildman–Crippen MR) is 212 cm³/mol. The van der Waals surface area contributed by atoms with Gasteiger partial charge in [0.05, 0.1) is 99.2 Å². The Balaban J connectivity index is 5.87. The van der Waals surface area contributed by atoms with E-state index in [0.717, 1.165) is 6.42 Å². The summed E-state index contributed by atoms with van der Waals surface area (Å²) in [5.41, 5.74) is 0. The van der Waals surface area contributed by atoms with Crippen LogP contribution in [0.25, 0.3) is 0 Å². The second-order valence-corrected chi connectivity index (χ2v) is 13.8. The molecule has 56 heavy (non-hydrogen) atoms. The molecule has 0 heterocycles. The minimum Gasteiger partial charge on any atom is -0.382 e. The first-order valence-electron chi connectivity index (χ1n) is 19.5. The van der Waals surface area contributed by atoms with Crippen LogP contribution >= 0.6 is 0 Å². The standard InChI is InChI=1S/C40H82O16/c1-17-29(44-5)31(46-7)19-33(48-9)35(50-11)21-37(52-13)39(54-15)23-40(55-16)38(53-14)22-36(51-12)34(49-10)20-32(47-8)30(45-6)18-27(42-3)25-56-26-28(43-4)24-41-2/h27-40H,17-26H2,1-16H3. The van der Waals surface area contributed by atoms with Gasteiger partial charge in [-0.15, -0.1) is 0 Å². The van der Waals surface area contributed by atoms with Crippen LogP contribution in [0.4, 0.5) is 0 Å². The number of ether oxygens (including phenoxy) is 16. The first-order valence-corrected chi connectivity index (χ1v) is 19.5. The first-order chi connectivity index (χ1) is 27.1. The zero-order valence-corrected chi connectivity index (χ0v) is 37.7. The lowest BCUT2D eigenvalue weighted by Crippen LogP contribution is -2.46. The number of hydrogen-bond donors (Lipinski definition) is 0. The lowest BCUT2D eigenvalue weighted by molar-refractivity contribution is -0.139. The van der Waals surface area contributed by atoms with E-state index in [0.29, 0.717) is 58.3 Å². The molecule has 0 fully saturated rings. The maximum absolute atomic E-state index is 6.06. The highest BCUT2D eigenvalue weighted by atomic mass is 16.6. The van der Waals surface area contributed by atoms with Crippen LogP contribution in [0.5, 0.6) is 0 Å². The van der Waals surface area contributed by atoms with Gasteiger partial charge in [0.2, 0.25) is 0 Å². The molecule has 0 aromatic heterocycles. The topological polar surface area (TPSA) is 148 Å². The molecule has 0 aliphatic heterocycles. The molecule has 0 aromatic rings. The molecule has 0 bridgehead atoms. The van der Waals surface area contributed by atoms with Gasteiger partial charge in [0, 0.05) is 145 Å². The van der Waals surface area contributed by atoms with E-state index in [1.54, 1.807) is 107 Å². The molecule has 16 nitrogen and oxygen atoms in total. The Morgan fingerprint density at radius 1 is 0.250 bits per heavy atom. The summed E-state index contributed by atoms with van der Waals surface area (Å²) in [5.74, 6) is 0. The molecule has 16 heteroatoms. The molecule has 14 atom stereocenters. The third-order valence-electron chi connectivity index (χ3n) is 11.0. The van der Waals surface area contributed by atoms with Gasteiger partial charge in [0.15, 0.2) is 0 Å². The third-order valence-corrected chi connectivity index (χ3v) is 11.0. The van der Waals surface area contributed by atoms with Gasteiger partial charge in [-0.05, 0) is 6.42 Å². The summed E-state index contributed by atoms with van der Waals surface area (Å²) in [7, 11) is 24.9. The maximum atomic E-state index is 6.06. The number of methoxy groups -OCH3 is 15. The molecular formula is C40H82O16. The Labute approximate surface area is 339 Å². The van der Waals surface area contributed by atoms with Gasteiger partial charge in [-0.2, -0.15) is 0 Å². The molecule has 0 N–H and O–H groups in total. The Hall–Kier alpha value is -0.640. The molecule has 0 saturated carbocycles. The molecule has 0 aliphatic carbocycles. The quantitative estimate of drug-likeness (QED) is 0.0889. The van der Waals surface area contributed by atoms with Gasteiger partial charge in [-0.1, -0.05) is 6.92 Å². The first kappa shape index (κ1) is 55.4. The average molecular weight is 819 g/mol. The van der Waals surface area contributed by atoms with Gasteiger partial charge in [-0.25, -0.2) is 0 Å². The fourth-order valence-corrected chi connectivity index (χ4v) is 7.32. The van der Waals surface area contributed by atoms with Crippen molar-refractivity contribution in [2.75, 3.05) is 126 Å². The number of hydrogen-bond acceptors (Lipinski definition) is 16. The van der Waals surface area contributed by atoms with Crippen molar-refractivity contribution in [3.63, 3.8) is 0 Å². The summed E-state index contributed by atoms with van der Waals surface area (Å²) in [4.78, 5) is 0. The van der Waals surface area contributed by atoms with Crippen molar-refractivity contribution in [3.8, 4) is 0 Å². The Morgan fingerprint density at radius 2 is 0.482 bits per heavy atom. The van der Waals surface area contributed by atoms with E-state index in [-0.39, 0.29) is 85.5 Å². The van der Waals surface area contributed by atoms with Crippen molar-refractivity contribution in [1.82, 2.24) is 0 Å². The summed E-state index contributed by atoms with van der Waals surface area (Å²) in [6.07, 6.45) is -0.287. The molecule has 0 aliphatic rings. The highest BCUT2D eigenvalue weighted by Gasteiger charge is 2.38. The van der Waals surface area contributed by atoms with Gasteiger partial charge in [0.1, 0.15) is 6.10 Å². The fourth-order valence-electron chi connectivity index (χ4n) is 7.32. The molecule has 0 spiro atoms. The summed E-state index contributed by atoms with van der Waals surface area (Å²) >= 11 is 0.